The predicted molar refractivity (Wildman–Crippen MR) is 106 cm³/mol. The minimum absolute atomic E-state index is 0.0781. The summed E-state index contributed by atoms with van der Waals surface area (Å²) in [5, 5.41) is 3.97. The van der Waals surface area contributed by atoms with Crippen molar-refractivity contribution in [1.29, 1.82) is 0 Å². The Balaban J connectivity index is 1.24. The average molecular weight is 409 g/mol. The van der Waals surface area contributed by atoms with Crippen molar-refractivity contribution in [2.24, 2.45) is 0 Å². The van der Waals surface area contributed by atoms with Gasteiger partial charge in [-0.15, -0.1) is 0 Å². The summed E-state index contributed by atoms with van der Waals surface area (Å²) >= 11 is 0. The van der Waals surface area contributed by atoms with Gasteiger partial charge in [0.05, 0.1) is 6.26 Å². The van der Waals surface area contributed by atoms with Crippen LogP contribution in [0.2, 0.25) is 0 Å². The molecule has 0 saturated carbocycles. The molecule has 0 N–H and O–H groups in total. The van der Waals surface area contributed by atoms with Crippen molar-refractivity contribution < 1.29 is 18.5 Å². The monoisotopic (exact) mass is 409 g/mol. The summed E-state index contributed by atoms with van der Waals surface area (Å²) in [5.41, 5.74) is 0.793. The first-order valence-corrected chi connectivity index (χ1v) is 10.0. The zero-order valence-electron chi connectivity index (χ0n) is 16.6. The number of aromatic nitrogens is 3. The second kappa shape index (κ2) is 9.34. The SMILES string of the molecule is O=C(CCCc1nc(-c2cccnc2)no1)N1CCCN(C(=O)c2ccco2)CC1. The molecule has 1 fully saturated rings. The van der Waals surface area contributed by atoms with Crippen LogP contribution >= 0.6 is 0 Å². The smallest absolute Gasteiger partial charge is 0.289 e. The summed E-state index contributed by atoms with van der Waals surface area (Å²) in [4.78, 5) is 37.0. The second-order valence-electron chi connectivity index (χ2n) is 7.11. The molecular weight excluding hydrogens is 386 g/mol. The lowest BCUT2D eigenvalue weighted by Gasteiger charge is -2.21. The van der Waals surface area contributed by atoms with Crippen LogP contribution in [0, 0.1) is 0 Å². The van der Waals surface area contributed by atoms with E-state index >= 15 is 0 Å². The Labute approximate surface area is 173 Å². The molecule has 4 rings (SSSR count). The van der Waals surface area contributed by atoms with Crippen molar-refractivity contribution in [3.63, 3.8) is 0 Å². The molecule has 0 bridgehead atoms. The first-order valence-electron chi connectivity index (χ1n) is 10.0. The van der Waals surface area contributed by atoms with E-state index in [1.54, 1.807) is 29.4 Å². The van der Waals surface area contributed by atoms with Crippen LogP contribution < -0.4 is 0 Å². The molecule has 0 unspecified atom stereocenters. The van der Waals surface area contributed by atoms with Crippen LogP contribution in [0.4, 0.5) is 0 Å². The fraction of sp³-hybridized carbons (Fsp3) is 0.381. The van der Waals surface area contributed by atoms with Crippen molar-refractivity contribution in [2.45, 2.75) is 25.7 Å². The Morgan fingerprint density at radius 3 is 2.73 bits per heavy atom. The molecule has 0 atom stereocenters. The third-order valence-electron chi connectivity index (χ3n) is 5.04. The van der Waals surface area contributed by atoms with Crippen molar-refractivity contribution in [2.75, 3.05) is 26.2 Å². The maximum absolute atomic E-state index is 12.6. The Morgan fingerprint density at radius 1 is 1.07 bits per heavy atom. The van der Waals surface area contributed by atoms with E-state index in [1.165, 1.54) is 6.26 Å². The van der Waals surface area contributed by atoms with Gasteiger partial charge < -0.3 is 18.7 Å². The molecule has 30 heavy (non-hydrogen) atoms. The minimum Gasteiger partial charge on any atom is -0.459 e. The first kappa shape index (κ1) is 19.8. The molecule has 2 amide bonds. The number of rotatable bonds is 6. The van der Waals surface area contributed by atoms with E-state index < -0.39 is 0 Å². The number of amides is 2. The maximum atomic E-state index is 12.6. The molecule has 9 nitrogen and oxygen atoms in total. The highest BCUT2D eigenvalue weighted by molar-refractivity contribution is 5.91. The number of furan rings is 1. The lowest BCUT2D eigenvalue weighted by Crippen LogP contribution is -2.37. The van der Waals surface area contributed by atoms with Crippen molar-refractivity contribution in [1.82, 2.24) is 24.9 Å². The van der Waals surface area contributed by atoms with Gasteiger partial charge in [0.25, 0.3) is 5.91 Å². The molecule has 0 radical (unpaired) electrons. The largest absolute Gasteiger partial charge is 0.459 e. The zero-order chi connectivity index (χ0) is 20.8. The van der Waals surface area contributed by atoms with Gasteiger partial charge in [-0.05, 0) is 37.1 Å². The molecule has 1 saturated heterocycles. The summed E-state index contributed by atoms with van der Waals surface area (Å²) in [7, 11) is 0. The van der Waals surface area contributed by atoms with Crippen molar-refractivity contribution in [3.8, 4) is 11.4 Å². The summed E-state index contributed by atoms with van der Waals surface area (Å²) < 4.78 is 10.5. The van der Waals surface area contributed by atoms with Crippen LogP contribution in [-0.4, -0.2) is 62.9 Å². The topological polar surface area (TPSA) is 106 Å². The fourth-order valence-electron chi connectivity index (χ4n) is 3.44. The number of aryl methyl sites for hydroxylation is 1. The number of carbonyl (C=O) groups is 2. The minimum atomic E-state index is -0.130. The Kier molecular flexibility index (Phi) is 6.17. The zero-order valence-corrected chi connectivity index (χ0v) is 16.6. The van der Waals surface area contributed by atoms with Crippen LogP contribution in [0.15, 0.2) is 51.9 Å². The first-order chi connectivity index (χ1) is 14.7. The van der Waals surface area contributed by atoms with E-state index in [0.717, 1.165) is 12.0 Å². The van der Waals surface area contributed by atoms with Gasteiger partial charge in [0, 0.05) is 57.0 Å². The quantitative estimate of drug-likeness (QED) is 0.615. The van der Waals surface area contributed by atoms with Gasteiger partial charge in [0.2, 0.25) is 17.6 Å². The summed E-state index contributed by atoms with van der Waals surface area (Å²) in [6, 6.07) is 7.04. The van der Waals surface area contributed by atoms with Crippen LogP contribution in [0.5, 0.6) is 0 Å². The van der Waals surface area contributed by atoms with E-state index in [4.69, 9.17) is 8.94 Å². The lowest BCUT2D eigenvalue weighted by molar-refractivity contribution is -0.131. The standard InChI is InChI=1S/C21H23N5O4/c27-19(8-1-7-18-23-20(24-30-18)16-5-2-9-22-15-16)25-10-4-11-26(13-12-25)21(28)17-6-3-14-29-17/h2-3,5-6,9,14-15H,1,4,7-8,10-13H2. The van der Waals surface area contributed by atoms with E-state index in [9.17, 15) is 9.59 Å². The molecule has 1 aliphatic heterocycles. The van der Waals surface area contributed by atoms with E-state index in [0.29, 0.717) is 62.9 Å². The maximum Gasteiger partial charge on any atom is 0.289 e. The predicted octanol–water partition coefficient (Wildman–Crippen LogP) is 2.42. The van der Waals surface area contributed by atoms with Gasteiger partial charge in [0.15, 0.2) is 5.76 Å². The third-order valence-corrected chi connectivity index (χ3v) is 5.04. The molecule has 3 aromatic rings. The second-order valence-corrected chi connectivity index (χ2v) is 7.11. The normalized spacial score (nSPS) is 14.5. The molecule has 0 aliphatic carbocycles. The molecule has 9 heteroatoms. The lowest BCUT2D eigenvalue weighted by atomic mass is 10.2. The molecule has 4 heterocycles. The van der Waals surface area contributed by atoms with Gasteiger partial charge in [-0.1, -0.05) is 5.16 Å². The fourth-order valence-corrected chi connectivity index (χ4v) is 3.44. The molecule has 3 aromatic heterocycles. The Morgan fingerprint density at radius 2 is 1.93 bits per heavy atom. The number of hydrogen-bond acceptors (Lipinski definition) is 7. The summed E-state index contributed by atoms with van der Waals surface area (Å²) in [6.45, 7) is 2.29. The molecule has 156 valence electrons. The number of nitrogens with zero attached hydrogens (tertiary/aromatic N) is 5. The number of pyridine rings is 1. The van der Waals surface area contributed by atoms with E-state index in [-0.39, 0.29) is 11.8 Å². The van der Waals surface area contributed by atoms with Gasteiger partial charge in [-0.2, -0.15) is 4.98 Å². The molecule has 0 aromatic carbocycles. The molecular formula is C21H23N5O4. The van der Waals surface area contributed by atoms with Gasteiger partial charge >= 0.3 is 0 Å². The number of hydrogen-bond donors (Lipinski definition) is 0. The summed E-state index contributed by atoms with van der Waals surface area (Å²) in [5.74, 6) is 1.29. The van der Waals surface area contributed by atoms with Crippen LogP contribution in [0.3, 0.4) is 0 Å². The third kappa shape index (κ3) is 4.73. The Hall–Kier alpha value is -3.49. The molecule has 0 spiro atoms. The highest BCUT2D eigenvalue weighted by Crippen LogP contribution is 2.15. The number of carbonyl (C=O) groups excluding carboxylic acids is 2. The van der Waals surface area contributed by atoms with Crippen molar-refractivity contribution >= 4 is 11.8 Å². The van der Waals surface area contributed by atoms with Gasteiger partial charge in [0.1, 0.15) is 0 Å². The van der Waals surface area contributed by atoms with Crippen LogP contribution in [0.25, 0.3) is 11.4 Å². The highest BCUT2D eigenvalue weighted by Gasteiger charge is 2.24. The summed E-state index contributed by atoms with van der Waals surface area (Å²) in [6.07, 6.45) is 7.16. The average Bonchev–Trinajstić information content (AvgIpc) is 3.42. The van der Waals surface area contributed by atoms with Crippen LogP contribution in [0.1, 0.15) is 35.7 Å². The van der Waals surface area contributed by atoms with Crippen molar-refractivity contribution in [3.05, 3.63) is 54.6 Å². The molecule has 1 aliphatic rings. The van der Waals surface area contributed by atoms with E-state index in [1.807, 2.05) is 17.0 Å². The van der Waals surface area contributed by atoms with Crippen LogP contribution in [-0.2, 0) is 11.2 Å². The van der Waals surface area contributed by atoms with Gasteiger partial charge in [-0.25, -0.2) is 0 Å². The highest BCUT2D eigenvalue weighted by atomic mass is 16.5. The Bertz CT molecular complexity index is 970. The van der Waals surface area contributed by atoms with E-state index in [2.05, 4.69) is 15.1 Å². The van der Waals surface area contributed by atoms with Gasteiger partial charge in [-0.3, -0.25) is 14.6 Å².